The Bertz CT molecular complexity index is 718. The number of nitrogens with one attached hydrogen (secondary N) is 2. The molecule has 0 aliphatic carbocycles. The maximum atomic E-state index is 12.9. The Morgan fingerprint density at radius 3 is 2.20 bits per heavy atom. The second-order valence-corrected chi connectivity index (χ2v) is 7.07. The number of hydrogen-bond donors (Lipinski definition) is 7. The minimum atomic E-state index is -1.54. The van der Waals surface area contributed by atoms with E-state index in [1.54, 1.807) is 0 Å². The lowest BCUT2D eigenvalue weighted by molar-refractivity contribution is -0.147. The van der Waals surface area contributed by atoms with Crippen molar-refractivity contribution in [1.82, 2.24) is 15.5 Å². The van der Waals surface area contributed by atoms with Gasteiger partial charge < -0.3 is 37.2 Å². The normalized spacial score (nSPS) is 18.7. The molecule has 8 N–H and O–H groups in total. The fourth-order valence-electron chi connectivity index (χ4n) is 2.92. The molecule has 0 aromatic rings. The van der Waals surface area contributed by atoms with Crippen LogP contribution in [0.2, 0.25) is 0 Å². The quantitative estimate of drug-likeness (QED) is 0.157. The minimum absolute atomic E-state index is 0.106. The molecule has 0 aromatic heterocycles. The number of amides is 4. The van der Waals surface area contributed by atoms with Gasteiger partial charge in [-0.05, 0) is 12.8 Å². The molecule has 0 aromatic carbocycles. The van der Waals surface area contributed by atoms with Gasteiger partial charge >= 0.3 is 11.9 Å². The van der Waals surface area contributed by atoms with Gasteiger partial charge in [-0.1, -0.05) is 0 Å². The Morgan fingerprint density at radius 2 is 1.70 bits per heavy atom. The van der Waals surface area contributed by atoms with E-state index < -0.39 is 72.6 Å². The summed E-state index contributed by atoms with van der Waals surface area (Å²) >= 11 is 3.85. The number of hydrogen-bond acceptors (Lipinski definition) is 8. The van der Waals surface area contributed by atoms with Crippen LogP contribution in [0, 0.1) is 0 Å². The fraction of sp³-hybridized carbons (Fsp3) is 0.625. The van der Waals surface area contributed by atoms with Gasteiger partial charge in [-0.25, -0.2) is 4.79 Å². The van der Waals surface area contributed by atoms with E-state index >= 15 is 0 Å². The van der Waals surface area contributed by atoms with Gasteiger partial charge in [-0.15, -0.1) is 0 Å². The number of aliphatic carboxylic acids is 2. The zero-order valence-corrected chi connectivity index (χ0v) is 16.8. The van der Waals surface area contributed by atoms with E-state index in [0.29, 0.717) is 6.42 Å². The lowest BCUT2D eigenvalue weighted by atomic mass is 10.1. The molecule has 13 nitrogen and oxygen atoms in total. The van der Waals surface area contributed by atoms with Gasteiger partial charge in [0.15, 0.2) is 0 Å². The number of nitrogens with zero attached hydrogens (tertiary/aromatic N) is 1. The van der Waals surface area contributed by atoms with Crippen molar-refractivity contribution in [2.24, 2.45) is 11.5 Å². The van der Waals surface area contributed by atoms with Crippen LogP contribution in [-0.4, -0.2) is 87.1 Å². The van der Waals surface area contributed by atoms with Crippen LogP contribution in [0.4, 0.5) is 0 Å². The number of carboxylic acids is 2. The molecule has 1 heterocycles. The van der Waals surface area contributed by atoms with Gasteiger partial charge in [-0.2, -0.15) is 12.6 Å². The third-order valence-electron chi connectivity index (χ3n) is 4.39. The highest BCUT2D eigenvalue weighted by Gasteiger charge is 2.39. The first-order chi connectivity index (χ1) is 14.0. The lowest BCUT2D eigenvalue weighted by Crippen LogP contribution is -2.57. The number of thiol groups is 1. The maximum absolute atomic E-state index is 12.9. The Labute approximate surface area is 176 Å². The zero-order valence-electron chi connectivity index (χ0n) is 15.9. The standard InChI is InChI=1S/C16H25N5O8S/c17-7(4-11(18)22)13(25)19-8(5-12(23)24)15(27)21-3-1-2-10(21)14(26)20-9(6-30)16(28)29/h7-10,30H,1-6,17H2,(H2,18,22)(H,19,25)(H,20,26)(H,23,24)(H,28,29). The molecule has 1 rings (SSSR count). The van der Waals surface area contributed by atoms with Crippen LogP contribution < -0.4 is 22.1 Å². The Morgan fingerprint density at radius 1 is 1.07 bits per heavy atom. The van der Waals surface area contributed by atoms with E-state index in [-0.39, 0.29) is 18.7 Å². The van der Waals surface area contributed by atoms with Crippen molar-refractivity contribution in [3.05, 3.63) is 0 Å². The highest BCUT2D eigenvalue weighted by atomic mass is 32.1. The van der Waals surface area contributed by atoms with E-state index in [1.807, 2.05) is 0 Å². The molecule has 4 amide bonds. The molecule has 0 saturated carbocycles. The molecule has 1 saturated heterocycles. The van der Waals surface area contributed by atoms with Crippen molar-refractivity contribution in [1.29, 1.82) is 0 Å². The third-order valence-corrected chi connectivity index (χ3v) is 4.75. The van der Waals surface area contributed by atoms with Crippen LogP contribution >= 0.6 is 12.6 Å². The van der Waals surface area contributed by atoms with Gasteiger partial charge in [-0.3, -0.25) is 24.0 Å². The predicted molar refractivity (Wildman–Crippen MR) is 104 cm³/mol. The molecule has 4 atom stereocenters. The first-order valence-corrected chi connectivity index (χ1v) is 9.61. The van der Waals surface area contributed by atoms with Crippen molar-refractivity contribution >= 4 is 48.2 Å². The van der Waals surface area contributed by atoms with Crippen LogP contribution in [0.25, 0.3) is 0 Å². The number of carbonyl (C=O) groups is 6. The summed E-state index contributed by atoms with van der Waals surface area (Å²) < 4.78 is 0. The van der Waals surface area contributed by atoms with Gasteiger partial charge in [0.1, 0.15) is 18.1 Å². The molecule has 4 unspecified atom stereocenters. The van der Waals surface area contributed by atoms with Gasteiger partial charge in [0.25, 0.3) is 0 Å². The van der Waals surface area contributed by atoms with E-state index in [0.717, 1.165) is 4.90 Å². The summed E-state index contributed by atoms with van der Waals surface area (Å²) in [4.78, 5) is 71.6. The molecular formula is C16H25N5O8S. The number of carboxylic acid groups (broad SMARTS) is 2. The molecule has 0 radical (unpaired) electrons. The maximum Gasteiger partial charge on any atom is 0.327 e. The third kappa shape index (κ3) is 7.18. The highest BCUT2D eigenvalue weighted by molar-refractivity contribution is 7.80. The number of likely N-dealkylation sites (tertiary alicyclic amines) is 1. The van der Waals surface area contributed by atoms with E-state index in [9.17, 15) is 28.8 Å². The minimum Gasteiger partial charge on any atom is -0.481 e. The van der Waals surface area contributed by atoms with Crippen LogP contribution in [0.3, 0.4) is 0 Å². The lowest BCUT2D eigenvalue weighted by Gasteiger charge is -2.29. The summed E-state index contributed by atoms with van der Waals surface area (Å²) in [6.07, 6.45) is -0.648. The molecule has 1 aliphatic rings. The van der Waals surface area contributed by atoms with Crippen LogP contribution in [0.5, 0.6) is 0 Å². The van der Waals surface area contributed by atoms with Gasteiger partial charge in [0.2, 0.25) is 23.6 Å². The monoisotopic (exact) mass is 447 g/mol. The number of primary amides is 1. The first kappa shape index (κ1) is 25.2. The zero-order chi connectivity index (χ0) is 23.0. The summed E-state index contributed by atoms with van der Waals surface area (Å²) in [5.74, 6) is -6.23. The largest absolute Gasteiger partial charge is 0.481 e. The van der Waals surface area contributed by atoms with Crippen LogP contribution in [0.1, 0.15) is 25.7 Å². The molecular weight excluding hydrogens is 422 g/mol. The average Bonchev–Trinajstić information content (AvgIpc) is 3.13. The smallest absolute Gasteiger partial charge is 0.327 e. The fourth-order valence-corrected chi connectivity index (χ4v) is 3.17. The second-order valence-electron chi connectivity index (χ2n) is 6.71. The first-order valence-electron chi connectivity index (χ1n) is 8.98. The van der Waals surface area contributed by atoms with Crippen molar-refractivity contribution < 1.29 is 39.0 Å². The average molecular weight is 447 g/mol. The van der Waals surface area contributed by atoms with Crippen molar-refractivity contribution in [2.75, 3.05) is 12.3 Å². The Balaban J connectivity index is 2.94. The Kier molecular flexibility index (Phi) is 9.52. The second kappa shape index (κ2) is 11.3. The van der Waals surface area contributed by atoms with E-state index in [1.165, 1.54) is 0 Å². The predicted octanol–water partition coefficient (Wildman–Crippen LogP) is -3.36. The summed E-state index contributed by atoms with van der Waals surface area (Å²) in [5.41, 5.74) is 10.5. The van der Waals surface area contributed by atoms with Gasteiger partial charge in [0, 0.05) is 12.3 Å². The molecule has 1 fully saturated rings. The van der Waals surface area contributed by atoms with Crippen LogP contribution in [-0.2, 0) is 28.8 Å². The van der Waals surface area contributed by atoms with Crippen molar-refractivity contribution in [3.8, 4) is 0 Å². The summed E-state index contributed by atoms with van der Waals surface area (Å²) in [6.45, 7) is 0.106. The molecule has 0 bridgehead atoms. The van der Waals surface area contributed by atoms with Crippen molar-refractivity contribution in [3.63, 3.8) is 0 Å². The highest BCUT2D eigenvalue weighted by Crippen LogP contribution is 2.19. The molecule has 0 spiro atoms. The number of rotatable bonds is 11. The summed E-state index contributed by atoms with van der Waals surface area (Å²) in [6, 6.07) is -5.22. The number of nitrogens with two attached hydrogens (primary N) is 2. The molecule has 30 heavy (non-hydrogen) atoms. The van der Waals surface area contributed by atoms with E-state index in [2.05, 4.69) is 23.3 Å². The molecule has 168 valence electrons. The topological polar surface area (TPSA) is 222 Å². The SMILES string of the molecule is NC(=O)CC(N)C(=O)NC(CC(=O)O)C(=O)N1CCCC1C(=O)NC(CS)C(=O)O. The summed E-state index contributed by atoms with van der Waals surface area (Å²) in [5, 5.41) is 22.6. The number of carbonyl (C=O) groups excluding carboxylic acids is 4. The van der Waals surface area contributed by atoms with Gasteiger partial charge in [0.05, 0.1) is 18.9 Å². The Hall–Kier alpha value is -2.87. The molecule has 14 heteroatoms. The van der Waals surface area contributed by atoms with E-state index in [4.69, 9.17) is 21.7 Å². The summed E-state index contributed by atoms with van der Waals surface area (Å²) in [7, 11) is 0. The van der Waals surface area contributed by atoms with Crippen LogP contribution in [0.15, 0.2) is 0 Å². The van der Waals surface area contributed by atoms with Crippen molar-refractivity contribution in [2.45, 2.75) is 49.9 Å². The molecule has 1 aliphatic heterocycles.